The summed E-state index contributed by atoms with van der Waals surface area (Å²) in [6.07, 6.45) is 1.29. The van der Waals surface area contributed by atoms with Crippen LogP contribution < -0.4 is 11.1 Å². The van der Waals surface area contributed by atoms with Gasteiger partial charge in [-0.25, -0.2) is 4.79 Å². The molecule has 0 aliphatic rings. The molecule has 25 heavy (non-hydrogen) atoms. The molecule has 1 rings (SSSR count). The number of aromatic carboxylic acids is 1. The molecule has 0 bridgehead atoms. The molecule has 0 heterocycles. The van der Waals surface area contributed by atoms with Crippen molar-refractivity contribution in [2.75, 3.05) is 24.6 Å². The quantitative estimate of drug-likeness (QED) is 0.257. The number of aliphatic carboxylic acids is 1. The van der Waals surface area contributed by atoms with Crippen LogP contribution in [0.1, 0.15) is 17.3 Å². The highest BCUT2D eigenvalue weighted by atomic mass is 32.2. The molecule has 142 valence electrons. The molecule has 0 aliphatic heterocycles. The second kappa shape index (κ2) is 13.2. The average molecular weight is 375 g/mol. The van der Waals surface area contributed by atoms with E-state index >= 15 is 0 Å². The molecule has 0 fully saturated rings. The van der Waals surface area contributed by atoms with Gasteiger partial charge in [-0.15, -0.1) is 0 Å². The summed E-state index contributed by atoms with van der Waals surface area (Å²) in [7, 11) is 0. The SMILES string of the molecule is C[C@](N)(CSCCNCC=N)C(=O)O.O.O=C(O)c1ccccc1O. The van der Waals surface area contributed by atoms with E-state index in [0.29, 0.717) is 12.3 Å². The molecule has 0 aliphatic carbocycles. The molecular formula is C15H25N3O6S. The van der Waals surface area contributed by atoms with Crippen LogP contribution in [0, 0.1) is 5.41 Å². The summed E-state index contributed by atoms with van der Waals surface area (Å²) in [4.78, 5) is 20.9. The van der Waals surface area contributed by atoms with Gasteiger partial charge in [-0.3, -0.25) is 4.79 Å². The Bertz CT molecular complexity index is 554. The predicted octanol–water partition coefficient (Wildman–Crippen LogP) is 0.0265. The van der Waals surface area contributed by atoms with Crippen LogP contribution in [0.3, 0.4) is 0 Å². The van der Waals surface area contributed by atoms with Crippen LogP contribution >= 0.6 is 11.8 Å². The van der Waals surface area contributed by atoms with E-state index in [0.717, 1.165) is 12.3 Å². The van der Waals surface area contributed by atoms with E-state index in [-0.39, 0.29) is 16.8 Å². The van der Waals surface area contributed by atoms with Gasteiger partial charge in [0.1, 0.15) is 16.9 Å². The molecular weight excluding hydrogens is 350 g/mol. The van der Waals surface area contributed by atoms with Gasteiger partial charge >= 0.3 is 11.9 Å². The van der Waals surface area contributed by atoms with E-state index < -0.39 is 17.5 Å². The number of para-hydroxylation sites is 1. The average Bonchev–Trinajstić information content (AvgIpc) is 2.51. The molecule has 0 saturated carbocycles. The van der Waals surface area contributed by atoms with Gasteiger partial charge in [0.05, 0.1) is 0 Å². The lowest BCUT2D eigenvalue weighted by Gasteiger charge is -2.18. The molecule has 0 aromatic heterocycles. The Morgan fingerprint density at radius 2 is 1.96 bits per heavy atom. The van der Waals surface area contributed by atoms with Crippen LogP contribution in [0.15, 0.2) is 24.3 Å². The first kappa shape index (κ1) is 25.1. The van der Waals surface area contributed by atoms with E-state index in [4.69, 9.17) is 26.5 Å². The Kier molecular flexibility index (Phi) is 13.2. The third kappa shape index (κ3) is 11.1. The van der Waals surface area contributed by atoms with Gasteiger partial charge < -0.3 is 37.3 Å². The number of thioether (sulfide) groups is 1. The fourth-order valence-electron chi connectivity index (χ4n) is 1.32. The van der Waals surface area contributed by atoms with E-state index in [9.17, 15) is 9.59 Å². The molecule has 1 aromatic carbocycles. The van der Waals surface area contributed by atoms with Crippen molar-refractivity contribution in [2.24, 2.45) is 5.73 Å². The molecule has 1 atom stereocenters. The first-order chi connectivity index (χ1) is 11.2. The zero-order valence-corrected chi connectivity index (χ0v) is 14.7. The third-order valence-corrected chi connectivity index (χ3v) is 3.99. The molecule has 0 unspecified atom stereocenters. The number of hydrogen-bond donors (Lipinski definition) is 6. The minimum Gasteiger partial charge on any atom is -0.507 e. The Morgan fingerprint density at radius 1 is 1.36 bits per heavy atom. The summed E-state index contributed by atoms with van der Waals surface area (Å²) in [5, 5.41) is 35.7. The maximum absolute atomic E-state index is 10.6. The second-order valence-corrected chi connectivity index (χ2v) is 6.11. The number of hydrogen-bond acceptors (Lipinski definition) is 7. The number of aromatic hydroxyl groups is 1. The van der Waals surface area contributed by atoms with Crippen molar-refractivity contribution in [3.63, 3.8) is 0 Å². The highest BCUT2D eigenvalue weighted by Gasteiger charge is 2.27. The minimum atomic E-state index is -1.15. The van der Waals surface area contributed by atoms with E-state index in [1.54, 1.807) is 12.1 Å². The summed E-state index contributed by atoms with van der Waals surface area (Å²) >= 11 is 1.50. The van der Waals surface area contributed by atoms with Crippen LogP contribution in [0.25, 0.3) is 0 Å². The zero-order chi connectivity index (χ0) is 18.6. The topological polar surface area (TPSA) is 188 Å². The highest BCUT2D eigenvalue weighted by Crippen LogP contribution is 2.14. The highest BCUT2D eigenvalue weighted by molar-refractivity contribution is 7.99. The third-order valence-electron chi connectivity index (χ3n) is 2.69. The number of carboxylic acid groups (broad SMARTS) is 2. The van der Waals surface area contributed by atoms with Gasteiger partial charge in [0.15, 0.2) is 0 Å². The first-order valence-electron chi connectivity index (χ1n) is 7.03. The normalized spacial score (nSPS) is 11.9. The fourth-order valence-corrected chi connectivity index (χ4v) is 2.30. The zero-order valence-electron chi connectivity index (χ0n) is 13.9. The van der Waals surface area contributed by atoms with Gasteiger partial charge in [0, 0.05) is 30.8 Å². The summed E-state index contributed by atoms with van der Waals surface area (Å²) in [5.74, 6) is -1.09. The number of benzene rings is 1. The standard InChI is InChI=1S/C8H17N3O2S.C7H6O3.H2O/c1-8(10,7(12)13)6-14-5-4-11-3-2-9;8-6-4-2-1-3-5(6)7(9)10;/h2,9,11H,3-6,10H2,1H3,(H,12,13);1-4,8H,(H,9,10);1H2/t8-;;/m0../s1. The van der Waals surface area contributed by atoms with E-state index in [2.05, 4.69) is 5.32 Å². The first-order valence-corrected chi connectivity index (χ1v) is 8.18. The molecule has 0 radical (unpaired) electrons. The summed E-state index contributed by atoms with van der Waals surface area (Å²) in [5.41, 5.74) is 4.31. The summed E-state index contributed by atoms with van der Waals surface area (Å²) < 4.78 is 0. The van der Waals surface area contributed by atoms with Crippen LogP contribution in [0.2, 0.25) is 0 Å². The van der Waals surface area contributed by atoms with E-state index in [1.165, 1.54) is 37.0 Å². The van der Waals surface area contributed by atoms with E-state index in [1.807, 2.05) is 0 Å². The summed E-state index contributed by atoms with van der Waals surface area (Å²) in [6.45, 7) is 2.82. The van der Waals surface area contributed by atoms with Crippen LogP contribution in [-0.2, 0) is 4.79 Å². The Morgan fingerprint density at radius 3 is 2.40 bits per heavy atom. The smallest absolute Gasteiger partial charge is 0.339 e. The monoisotopic (exact) mass is 375 g/mol. The largest absolute Gasteiger partial charge is 0.507 e. The lowest BCUT2D eigenvalue weighted by molar-refractivity contribution is -0.141. The fraction of sp³-hybridized carbons (Fsp3) is 0.400. The van der Waals surface area contributed by atoms with Gasteiger partial charge in [0.25, 0.3) is 0 Å². The number of carboxylic acids is 2. The number of carbonyl (C=O) groups is 2. The Hall–Kier alpha value is -2.14. The molecule has 9 N–H and O–H groups in total. The molecule has 0 spiro atoms. The maximum Gasteiger partial charge on any atom is 0.339 e. The predicted molar refractivity (Wildman–Crippen MR) is 97.9 cm³/mol. The van der Waals surface area contributed by atoms with Gasteiger partial charge in [0.2, 0.25) is 0 Å². The number of nitrogens with two attached hydrogens (primary N) is 1. The van der Waals surface area contributed by atoms with Crippen molar-refractivity contribution in [3.8, 4) is 5.75 Å². The molecule has 0 saturated heterocycles. The number of phenols is 1. The Labute approximate surface area is 150 Å². The lowest BCUT2D eigenvalue weighted by Crippen LogP contribution is -2.47. The molecule has 9 nitrogen and oxygen atoms in total. The maximum atomic E-state index is 10.6. The van der Waals surface area contributed by atoms with Crippen molar-refractivity contribution < 1.29 is 30.4 Å². The Balaban J connectivity index is 0. The van der Waals surface area contributed by atoms with Gasteiger partial charge in [-0.1, -0.05) is 12.1 Å². The van der Waals surface area contributed by atoms with Crippen molar-refractivity contribution in [3.05, 3.63) is 29.8 Å². The molecule has 1 aromatic rings. The number of rotatable bonds is 9. The van der Waals surface area contributed by atoms with Crippen molar-refractivity contribution in [1.82, 2.24) is 5.32 Å². The molecule has 10 heteroatoms. The second-order valence-electron chi connectivity index (χ2n) is 5.01. The van der Waals surface area contributed by atoms with Crippen molar-refractivity contribution >= 4 is 29.9 Å². The van der Waals surface area contributed by atoms with Gasteiger partial charge in [-0.05, 0) is 19.1 Å². The van der Waals surface area contributed by atoms with Crippen LogP contribution in [-0.4, -0.2) is 69.1 Å². The van der Waals surface area contributed by atoms with Crippen molar-refractivity contribution in [1.29, 1.82) is 5.41 Å². The molecule has 0 amide bonds. The van der Waals surface area contributed by atoms with Crippen molar-refractivity contribution in [2.45, 2.75) is 12.5 Å². The minimum absolute atomic E-state index is 0. The van der Waals surface area contributed by atoms with Crippen LogP contribution in [0.4, 0.5) is 0 Å². The van der Waals surface area contributed by atoms with Gasteiger partial charge in [-0.2, -0.15) is 11.8 Å². The van der Waals surface area contributed by atoms with Crippen LogP contribution in [0.5, 0.6) is 5.75 Å². The summed E-state index contributed by atoms with van der Waals surface area (Å²) in [6, 6.07) is 5.81. The number of nitrogens with one attached hydrogen (secondary N) is 2. The lowest BCUT2D eigenvalue weighted by atomic mass is 10.1.